The van der Waals surface area contributed by atoms with Crippen molar-refractivity contribution in [3.63, 3.8) is 0 Å². The van der Waals surface area contributed by atoms with Gasteiger partial charge in [-0.1, -0.05) is 42.5 Å². The summed E-state index contributed by atoms with van der Waals surface area (Å²) in [6.45, 7) is 1.39. The van der Waals surface area contributed by atoms with Gasteiger partial charge < -0.3 is 20.3 Å². The molecule has 2 aromatic carbocycles. The van der Waals surface area contributed by atoms with Crippen molar-refractivity contribution in [3.8, 4) is 0 Å². The molecule has 1 amide bonds. The Morgan fingerprint density at radius 1 is 1.23 bits per heavy atom. The molecule has 0 spiro atoms. The van der Waals surface area contributed by atoms with Crippen molar-refractivity contribution in [2.75, 3.05) is 6.54 Å². The van der Waals surface area contributed by atoms with E-state index in [1.807, 2.05) is 18.2 Å². The maximum absolute atomic E-state index is 11.7. The number of nitro benzene ring substituents is 1. The van der Waals surface area contributed by atoms with E-state index >= 15 is 0 Å². The number of alkyl carbamates (subject to hydrolysis) is 1. The quantitative estimate of drug-likeness (QED) is 0.514. The Hall–Kier alpha value is -2.97. The van der Waals surface area contributed by atoms with Gasteiger partial charge in [-0.2, -0.15) is 0 Å². The minimum absolute atomic E-state index is 0.0788. The third-order valence-electron chi connectivity index (χ3n) is 3.80. The van der Waals surface area contributed by atoms with Crippen molar-refractivity contribution in [1.29, 1.82) is 0 Å². The molecule has 0 aromatic heterocycles. The zero-order valence-corrected chi connectivity index (χ0v) is 14.2. The number of nitrogens with one attached hydrogen (secondary N) is 1. The molecule has 2 atom stereocenters. The van der Waals surface area contributed by atoms with Crippen LogP contribution in [0.2, 0.25) is 0 Å². The second kappa shape index (κ2) is 8.93. The Morgan fingerprint density at radius 3 is 2.58 bits per heavy atom. The standard InChI is InChI=1S/C18H20N2O6/c1-12-7-8-14(9-15(12)20(24)25)17(22)16(21)10-19-18(23)26-11-13-5-3-2-4-6-13/h2-9,16-17,21-22H,10-11H2,1H3,(H,19,23). The minimum atomic E-state index is -1.39. The number of hydrogen-bond donors (Lipinski definition) is 3. The predicted octanol–water partition coefficient (Wildman–Crippen LogP) is 2.22. The Labute approximate surface area is 150 Å². The van der Waals surface area contributed by atoms with Crippen LogP contribution in [0.25, 0.3) is 0 Å². The second-order valence-corrected chi connectivity index (χ2v) is 5.76. The van der Waals surface area contributed by atoms with Crippen LogP contribution in [0.5, 0.6) is 0 Å². The second-order valence-electron chi connectivity index (χ2n) is 5.76. The summed E-state index contributed by atoms with van der Waals surface area (Å²) in [5, 5.41) is 33.5. The molecular formula is C18H20N2O6. The van der Waals surface area contributed by atoms with Crippen molar-refractivity contribution < 1.29 is 24.7 Å². The lowest BCUT2D eigenvalue weighted by atomic mass is 10.0. The highest BCUT2D eigenvalue weighted by Gasteiger charge is 2.22. The summed E-state index contributed by atoms with van der Waals surface area (Å²) in [6, 6.07) is 13.3. The largest absolute Gasteiger partial charge is 0.445 e. The topological polar surface area (TPSA) is 122 Å². The van der Waals surface area contributed by atoms with Gasteiger partial charge in [-0.15, -0.1) is 0 Å². The molecule has 0 aliphatic heterocycles. The molecule has 8 nitrogen and oxygen atoms in total. The molecule has 0 saturated heterocycles. The number of carbonyl (C=O) groups is 1. The average molecular weight is 360 g/mol. The molecule has 3 N–H and O–H groups in total. The molecule has 0 fully saturated rings. The van der Waals surface area contributed by atoms with Crippen LogP contribution in [0.4, 0.5) is 10.5 Å². The summed E-state index contributed by atoms with van der Waals surface area (Å²) >= 11 is 0. The van der Waals surface area contributed by atoms with Gasteiger partial charge in [0.15, 0.2) is 0 Å². The third kappa shape index (κ3) is 5.27. The zero-order chi connectivity index (χ0) is 19.1. The van der Waals surface area contributed by atoms with Crippen LogP contribution in [0.3, 0.4) is 0 Å². The number of carbonyl (C=O) groups excluding carboxylic acids is 1. The number of nitro groups is 1. The molecule has 2 rings (SSSR count). The summed E-state index contributed by atoms with van der Waals surface area (Å²) in [5.74, 6) is 0. The fourth-order valence-corrected chi connectivity index (χ4v) is 2.30. The van der Waals surface area contributed by atoms with E-state index in [0.717, 1.165) is 5.56 Å². The van der Waals surface area contributed by atoms with E-state index in [2.05, 4.69) is 5.32 Å². The van der Waals surface area contributed by atoms with Crippen molar-refractivity contribution in [2.24, 2.45) is 0 Å². The smallest absolute Gasteiger partial charge is 0.407 e. The number of aliphatic hydroxyl groups is 2. The summed E-state index contributed by atoms with van der Waals surface area (Å²) < 4.78 is 5.00. The van der Waals surface area contributed by atoms with Gasteiger partial charge in [0.25, 0.3) is 5.69 Å². The molecular weight excluding hydrogens is 340 g/mol. The summed E-state index contributed by atoms with van der Waals surface area (Å²) in [4.78, 5) is 22.1. The number of hydrogen-bond acceptors (Lipinski definition) is 6. The van der Waals surface area contributed by atoms with Crippen LogP contribution in [0.15, 0.2) is 48.5 Å². The Kier molecular flexibility index (Phi) is 6.65. The molecule has 2 unspecified atom stereocenters. The first kappa shape index (κ1) is 19.4. The highest BCUT2D eigenvalue weighted by atomic mass is 16.6. The van der Waals surface area contributed by atoms with E-state index in [1.165, 1.54) is 18.2 Å². The third-order valence-corrected chi connectivity index (χ3v) is 3.80. The summed E-state index contributed by atoms with van der Waals surface area (Å²) in [6.07, 6.45) is -3.47. The predicted molar refractivity (Wildman–Crippen MR) is 93.4 cm³/mol. The highest BCUT2D eigenvalue weighted by molar-refractivity contribution is 5.67. The number of nitrogens with zero attached hydrogens (tertiary/aromatic N) is 1. The first-order valence-electron chi connectivity index (χ1n) is 7.94. The monoisotopic (exact) mass is 360 g/mol. The Bertz CT molecular complexity index is 766. The highest BCUT2D eigenvalue weighted by Crippen LogP contribution is 2.24. The first-order valence-corrected chi connectivity index (χ1v) is 7.94. The molecule has 26 heavy (non-hydrogen) atoms. The van der Waals surface area contributed by atoms with Crippen molar-refractivity contribution in [3.05, 3.63) is 75.3 Å². The van der Waals surface area contributed by atoms with Gasteiger partial charge in [-0.05, 0) is 18.1 Å². The number of benzene rings is 2. The van der Waals surface area contributed by atoms with Gasteiger partial charge in [0.1, 0.15) is 18.8 Å². The van der Waals surface area contributed by atoms with Crippen molar-refractivity contribution >= 4 is 11.8 Å². The van der Waals surface area contributed by atoms with Gasteiger partial charge in [0.2, 0.25) is 0 Å². The van der Waals surface area contributed by atoms with Crippen LogP contribution in [-0.2, 0) is 11.3 Å². The molecule has 2 aromatic rings. The van der Waals surface area contributed by atoms with E-state index in [0.29, 0.717) is 5.56 Å². The number of aryl methyl sites for hydroxylation is 1. The summed E-state index contributed by atoms with van der Waals surface area (Å²) in [5.41, 5.74) is 1.30. The lowest BCUT2D eigenvalue weighted by Crippen LogP contribution is -2.35. The molecule has 0 radical (unpaired) electrons. The maximum Gasteiger partial charge on any atom is 0.407 e. The minimum Gasteiger partial charge on any atom is -0.445 e. The molecule has 0 aliphatic rings. The first-order chi connectivity index (χ1) is 12.4. The van der Waals surface area contributed by atoms with Gasteiger partial charge in [0.05, 0.1) is 4.92 Å². The van der Waals surface area contributed by atoms with E-state index in [4.69, 9.17) is 4.74 Å². The lowest BCUT2D eigenvalue weighted by molar-refractivity contribution is -0.385. The van der Waals surface area contributed by atoms with E-state index < -0.39 is 23.2 Å². The van der Waals surface area contributed by atoms with Gasteiger partial charge in [-0.25, -0.2) is 4.79 Å². The fraction of sp³-hybridized carbons (Fsp3) is 0.278. The van der Waals surface area contributed by atoms with Crippen LogP contribution < -0.4 is 5.32 Å². The van der Waals surface area contributed by atoms with Crippen molar-refractivity contribution in [2.45, 2.75) is 25.7 Å². The molecule has 0 aliphatic carbocycles. The van der Waals surface area contributed by atoms with Crippen molar-refractivity contribution in [1.82, 2.24) is 5.32 Å². The lowest BCUT2D eigenvalue weighted by Gasteiger charge is -2.18. The average Bonchev–Trinajstić information content (AvgIpc) is 2.64. The molecule has 8 heteroatoms. The van der Waals surface area contributed by atoms with Crippen LogP contribution >= 0.6 is 0 Å². The van der Waals surface area contributed by atoms with E-state index in [9.17, 15) is 25.1 Å². The van der Waals surface area contributed by atoms with E-state index in [-0.39, 0.29) is 24.4 Å². The zero-order valence-electron chi connectivity index (χ0n) is 14.2. The molecule has 0 heterocycles. The fourth-order valence-electron chi connectivity index (χ4n) is 2.30. The van der Waals surface area contributed by atoms with Crippen LogP contribution in [0, 0.1) is 17.0 Å². The number of amides is 1. The maximum atomic E-state index is 11.7. The van der Waals surface area contributed by atoms with Gasteiger partial charge in [-0.3, -0.25) is 10.1 Å². The number of rotatable bonds is 7. The van der Waals surface area contributed by atoms with Crippen LogP contribution in [-0.4, -0.2) is 33.9 Å². The number of aliphatic hydroxyl groups excluding tert-OH is 2. The normalized spacial score (nSPS) is 12.9. The van der Waals surface area contributed by atoms with E-state index in [1.54, 1.807) is 19.1 Å². The Balaban J connectivity index is 1.86. The molecule has 0 saturated carbocycles. The van der Waals surface area contributed by atoms with Gasteiger partial charge in [0, 0.05) is 18.2 Å². The summed E-state index contributed by atoms with van der Waals surface area (Å²) in [7, 11) is 0. The SMILES string of the molecule is Cc1ccc(C(O)C(O)CNC(=O)OCc2ccccc2)cc1[N+](=O)[O-]. The van der Waals surface area contributed by atoms with Gasteiger partial charge >= 0.3 is 6.09 Å². The molecule has 138 valence electrons. The number of ether oxygens (including phenoxy) is 1. The molecule has 0 bridgehead atoms. The Morgan fingerprint density at radius 2 is 1.92 bits per heavy atom. The van der Waals surface area contributed by atoms with Crippen LogP contribution in [0.1, 0.15) is 22.8 Å².